The number of nitrogens with zero attached hydrogens (tertiary/aromatic N) is 3. The second-order valence-electron chi connectivity index (χ2n) is 10.8. The topological polar surface area (TPSA) is 53.1 Å². The van der Waals surface area contributed by atoms with Gasteiger partial charge in [-0.05, 0) is 68.3 Å². The highest BCUT2D eigenvalue weighted by Crippen LogP contribution is 2.62. The lowest BCUT2D eigenvalue weighted by Gasteiger charge is -2.40. The number of para-hydroxylation sites is 1. The van der Waals surface area contributed by atoms with Gasteiger partial charge < -0.3 is 9.64 Å². The van der Waals surface area contributed by atoms with E-state index in [-0.39, 0.29) is 29.8 Å². The van der Waals surface area contributed by atoms with E-state index < -0.39 is 5.60 Å². The van der Waals surface area contributed by atoms with Gasteiger partial charge in [-0.25, -0.2) is 0 Å². The summed E-state index contributed by atoms with van der Waals surface area (Å²) in [5.74, 6) is -0.00437. The molecule has 33 heavy (non-hydrogen) atoms. The van der Waals surface area contributed by atoms with Crippen molar-refractivity contribution in [1.29, 1.82) is 0 Å². The van der Waals surface area contributed by atoms with Crippen LogP contribution in [0.25, 0.3) is 0 Å². The highest BCUT2D eigenvalue weighted by molar-refractivity contribution is 6.07. The molecule has 4 aliphatic heterocycles. The molecule has 3 saturated heterocycles. The maximum absolute atomic E-state index is 13.5. The van der Waals surface area contributed by atoms with Crippen LogP contribution in [0.3, 0.4) is 0 Å². The Balaban J connectivity index is 1.07. The van der Waals surface area contributed by atoms with E-state index in [2.05, 4.69) is 54.0 Å². The molecular formula is C27H35N3O3. The molecule has 5 atom stereocenters. The molecule has 5 unspecified atom stereocenters. The Kier molecular flexibility index (Phi) is 5.15. The maximum Gasteiger partial charge on any atom is 0.236 e. The number of anilines is 1. The number of fused-ring (bicyclic) bond motifs is 3. The molecule has 1 aromatic carbocycles. The lowest BCUT2D eigenvalue weighted by Crippen LogP contribution is -2.48. The number of rotatable bonds is 5. The summed E-state index contributed by atoms with van der Waals surface area (Å²) in [6, 6.07) is 10.6. The first kappa shape index (κ1) is 21.4. The summed E-state index contributed by atoms with van der Waals surface area (Å²) in [5, 5.41) is 0. The zero-order chi connectivity index (χ0) is 22.7. The van der Waals surface area contributed by atoms with Crippen LogP contribution in [0.4, 0.5) is 5.69 Å². The minimum atomic E-state index is -0.494. The summed E-state index contributed by atoms with van der Waals surface area (Å²) in [6.07, 6.45) is 3.73. The van der Waals surface area contributed by atoms with Gasteiger partial charge in [0.05, 0.1) is 17.9 Å². The van der Waals surface area contributed by atoms with Crippen molar-refractivity contribution in [3.05, 3.63) is 41.5 Å². The van der Waals surface area contributed by atoms with Crippen LogP contribution in [0.5, 0.6) is 0 Å². The van der Waals surface area contributed by atoms with Crippen molar-refractivity contribution in [2.45, 2.75) is 51.2 Å². The first-order valence-corrected chi connectivity index (χ1v) is 12.7. The third-order valence-electron chi connectivity index (χ3n) is 8.91. The molecule has 6 nitrogen and oxygen atoms in total. The molecule has 1 saturated carbocycles. The molecule has 4 fully saturated rings. The molecule has 1 aromatic rings. The van der Waals surface area contributed by atoms with E-state index in [1.165, 1.54) is 16.8 Å². The van der Waals surface area contributed by atoms with Gasteiger partial charge in [0.15, 0.2) is 0 Å². The Labute approximate surface area is 196 Å². The van der Waals surface area contributed by atoms with Crippen molar-refractivity contribution in [2.24, 2.45) is 17.8 Å². The number of likely N-dealkylation sites (tertiary alicyclic amines) is 1. The van der Waals surface area contributed by atoms with E-state index in [1.807, 2.05) is 0 Å². The average molecular weight is 450 g/mol. The van der Waals surface area contributed by atoms with Crippen LogP contribution in [-0.2, 0) is 14.3 Å². The molecule has 1 aliphatic carbocycles. The minimum Gasteiger partial charge on any atom is -0.369 e. The standard InChI is InChI=1S/C27H35N3O3/c1-18-9-10-21-19(2)24-22-23(27(21,17-18)33-24)26(32)30(25(22)31)12-6-11-28-13-15-29(16-14-28)20-7-4-3-5-8-20/h3-5,7-8,18,22-24H,6,9-17H2,1-2H3. The molecule has 5 aliphatic rings. The van der Waals surface area contributed by atoms with Gasteiger partial charge in [-0.15, -0.1) is 0 Å². The number of carbonyl (C=O) groups is 2. The van der Waals surface area contributed by atoms with Gasteiger partial charge in [0.25, 0.3) is 0 Å². The summed E-state index contributed by atoms with van der Waals surface area (Å²) in [7, 11) is 0. The van der Waals surface area contributed by atoms with Crippen molar-refractivity contribution in [2.75, 3.05) is 44.2 Å². The van der Waals surface area contributed by atoms with E-state index in [4.69, 9.17) is 4.74 Å². The SMILES string of the molecule is CC1=C2CCC(C)CC23OC1C1C(=O)N(CCCN2CCN(c4ccccc4)CC2)C(=O)C13. The van der Waals surface area contributed by atoms with Gasteiger partial charge in [0, 0.05) is 38.4 Å². The second kappa shape index (κ2) is 7.95. The monoisotopic (exact) mass is 449 g/mol. The predicted molar refractivity (Wildman–Crippen MR) is 127 cm³/mol. The molecule has 0 aromatic heterocycles. The van der Waals surface area contributed by atoms with Gasteiger partial charge in [-0.1, -0.05) is 25.1 Å². The Morgan fingerprint density at radius 1 is 1.03 bits per heavy atom. The Bertz CT molecular complexity index is 984. The zero-order valence-corrected chi connectivity index (χ0v) is 19.8. The van der Waals surface area contributed by atoms with E-state index in [0.29, 0.717) is 12.5 Å². The van der Waals surface area contributed by atoms with Crippen LogP contribution in [0.2, 0.25) is 0 Å². The van der Waals surface area contributed by atoms with Crippen LogP contribution in [0.15, 0.2) is 41.5 Å². The summed E-state index contributed by atoms with van der Waals surface area (Å²) in [5.41, 5.74) is 3.37. The number of amides is 2. The van der Waals surface area contributed by atoms with Gasteiger partial charge in [-0.2, -0.15) is 0 Å². The second-order valence-corrected chi connectivity index (χ2v) is 10.8. The quantitative estimate of drug-likeness (QED) is 0.511. The highest BCUT2D eigenvalue weighted by atomic mass is 16.5. The van der Waals surface area contributed by atoms with Crippen LogP contribution in [0, 0.1) is 17.8 Å². The van der Waals surface area contributed by atoms with Gasteiger partial charge >= 0.3 is 0 Å². The molecule has 6 heteroatoms. The van der Waals surface area contributed by atoms with E-state index in [9.17, 15) is 9.59 Å². The smallest absolute Gasteiger partial charge is 0.236 e. The maximum atomic E-state index is 13.5. The van der Waals surface area contributed by atoms with Gasteiger partial charge in [-0.3, -0.25) is 19.4 Å². The molecule has 2 amide bonds. The third kappa shape index (κ3) is 3.21. The molecule has 4 heterocycles. The lowest BCUT2D eigenvalue weighted by molar-refractivity contribution is -0.145. The zero-order valence-electron chi connectivity index (χ0n) is 19.8. The van der Waals surface area contributed by atoms with Crippen molar-refractivity contribution in [3.63, 3.8) is 0 Å². The molecular weight excluding hydrogens is 414 g/mol. The number of ether oxygens (including phenoxy) is 1. The third-order valence-corrected chi connectivity index (χ3v) is 8.91. The van der Waals surface area contributed by atoms with Crippen molar-refractivity contribution in [3.8, 4) is 0 Å². The Hall–Kier alpha value is -2.18. The van der Waals surface area contributed by atoms with E-state index in [1.54, 1.807) is 4.90 Å². The predicted octanol–water partition coefficient (Wildman–Crippen LogP) is 3.09. The van der Waals surface area contributed by atoms with E-state index >= 15 is 0 Å². The van der Waals surface area contributed by atoms with Crippen molar-refractivity contribution in [1.82, 2.24) is 9.80 Å². The van der Waals surface area contributed by atoms with E-state index in [0.717, 1.165) is 58.4 Å². The van der Waals surface area contributed by atoms with Gasteiger partial charge in [0.2, 0.25) is 11.8 Å². The summed E-state index contributed by atoms with van der Waals surface area (Å²) >= 11 is 0. The molecule has 1 spiro atoms. The molecule has 0 radical (unpaired) electrons. The van der Waals surface area contributed by atoms with Gasteiger partial charge in [0.1, 0.15) is 5.60 Å². The summed E-state index contributed by atoms with van der Waals surface area (Å²) in [4.78, 5) is 33.3. The lowest BCUT2D eigenvalue weighted by atomic mass is 9.62. The number of hydrogen-bond acceptors (Lipinski definition) is 5. The highest BCUT2D eigenvalue weighted by Gasteiger charge is 2.71. The number of carbonyl (C=O) groups excluding carboxylic acids is 2. The van der Waals surface area contributed by atoms with Crippen LogP contribution >= 0.6 is 0 Å². The first-order chi connectivity index (χ1) is 16.0. The Morgan fingerprint density at radius 3 is 2.55 bits per heavy atom. The van der Waals surface area contributed by atoms with Crippen LogP contribution in [-0.4, -0.2) is 72.6 Å². The molecule has 2 bridgehead atoms. The number of hydrogen-bond donors (Lipinski definition) is 0. The summed E-state index contributed by atoms with van der Waals surface area (Å²) in [6.45, 7) is 9.92. The number of piperazine rings is 1. The molecule has 6 rings (SSSR count). The van der Waals surface area contributed by atoms with Crippen LogP contribution in [0.1, 0.15) is 39.5 Å². The number of benzene rings is 1. The average Bonchev–Trinajstić information content (AvgIpc) is 3.40. The fraction of sp³-hybridized carbons (Fsp3) is 0.630. The fourth-order valence-electron chi connectivity index (χ4n) is 7.30. The normalized spacial score (nSPS) is 36.1. The molecule has 176 valence electrons. The fourth-order valence-corrected chi connectivity index (χ4v) is 7.30. The van der Waals surface area contributed by atoms with Crippen molar-refractivity contribution >= 4 is 17.5 Å². The van der Waals surface area contributed by atoms with Crippen LogP contribution < -0.4 is 4.90 Å². The largest absolute Gasteiger partial charge is 0.369 e. The minimum absolute atomic E-state index is 0.0115. The number of imide groups is 1. The summed E-state index contributed by atoms with van der Waals surface area (Å²) < 4.78 is 6.49. The first-order valence-electron chi connectivity index (χ1n) is 12.7. The molecule has 0 N–H and O–H groups in total. The van der Waals surface area contributed by atoms with Crippen molar-refractivity contribution < 1.29 is 14.3 Å². The Morgan fingerprint density at radius 2 is 1.79 bits per heavy atom.